The molecule has 98 valence electrons. The van der Waals surface area contributed by atoms with Crippen LogP contribution in [0.4, 0.5) is 5.82 Å². The zero-order chi connectivity index (χ0) is 12.5. The van der Waals surface area contributed by atoms with Gasteiger partial charge in [0.1, 0.15) is 17.6 Å². The zero-order valence-corrected chi connectivity index (χ0v) is 10.2. The quantitative estimate of drug-likeness (QED) is 0.721. The molecule has 1 aromatic heterocycles. The van der Waals surface area contributed by atoms with E-state index in [9.17, 15) is 10.2 Å². The number of aliphatic imine (C=N–C) groups is 1. The highest BCUT2D eigenvalue weighted by molar-refractivity contribution is 5.76. The lowest BCUT2D eigenvalue weighted by Crippen LogP contribution is -2.11. The normalized spacial score (nSPS) is 30.9. The van der Waals surface area contributed by atoms with Gasteiger partial charge in [-0.15, -0.1) is 0 Å². The molecule has 6 heteroatoms. The standard InChI is InChI=1S/C12H18N4O2/c17-5-8-1-2-9(3-8)16-7-15-11-10(18)4-13-6-14-12(11)16/h6-10,17-18H,1-5H2,(H,13,14)/t8-,9+,10?/m1/s1. The lowest BCUT2D eigenvalue weighted by atomic mass is 10.1. The smallest absolute Gasteiger partial charge is 0.137 e. The minimum atomic E-state index is -0.637. The zero-order valence-electron chi connectivity index (χ0n) is 10.2. The number of hydrogen-bond donors (Lipinski definition) is 3. The van der Waals surface area contributed by atoms with Gasteiger partial charge in [-0.25, -0.2) is 4.98 Å². The molecule has 0 radical (unpaired) electrons. The van der Waals surface area contributed by atoms with Crippen molar-refractivity contribution in [2.24, 2.45) is 10.9 Å². The summed E-state index contributed by atoms with van der Waals surface area (Å²) in [5.74, 6) is 1.23. The van der Waals surface area contributed by atoms with Crippen LogP contribution in [-0.2, 0) is 0 Å². The summed E-state index contributed by atoms with van der Waals surface area (Å²) in [5.41, 5.74) is 0.667. The fraction of sp³-hybridized carbons (Fsp3) is 0.667. The first kappa shape index (κ1) is 11.7. The van der Waals surface area contributed by atoms with E-state index >= 15 is 0 Å². The largest absolute Gasteiger partial charge is 0.396 e. The van der Waals surface area contributed by atoms with Gasteiger partial charge in [0, 0.05) is 12.6 Å². The number of rotatable bonds is 2. The minimum absolute atomic E-state index is 0.255. The molecule has 18 heavy (non-hydrogen) atoms. The van der Waals surface area contributed by atoms with E-state index in [1.165, 1.54) is 0 Å². The van der Waals surface area contributed by atoms with Crippen molar-refractivity contribution in [1.29, 1.82) is 0 Å². The number of aliphatic hydroxyl groups excluding tert-OH is 2. The van der Waals surface area contributed by atoms with Crippen molar-refractivity contribution in [2.75, 3.05) is 18.5 Å². The first-order chi connectivity index (χ1) is 8.79. The van der Waals surface area contributed by atoms with E-state index in [0.29, 0.717) is 24.2 Å². The molecule has 1 aliphatic carbocycles. The van der Waals surface area contributed by atoms with Gasteiger partial charge >= 0.3 is 0 Å². The molecule has 3 rings (SSSR count). The molecule has 1 fully saturated rings. The maximum atomic E-state index is 9.93. The molecule has 1 unspecified atom stereocenters. The van der Waals surface area contributed by atoms with Gasteiger partial charge < -0.3 is 20.1 Å². The molecule has 6 nitrogen and oxygen atoms in total. The molecule has 0 amide bonds. The number of aromatic nitrogens is 2. The second kappa shape index (κ2) is 4.70. The molecule has 0 bridgehead atoms. The Balaban J connectivity index is 1.88. The predicted molar refractivity (Wildman–Crippen MR) is 67.6 cm³/mol. The molecule has 3 N–H and O–H groups in total. The Morgan fingerprint density at radius 3 is 3.11 bits per heavy atom. The SMILES string of the molecule is OC[C@@H]1CC[C@H](n2cnc3c2NC=NCC3O)C1. The Labute approximate surface area is 105 Å². The van der Waals surface area contributed by atoms with E-state index < -0.39 is 6.10 Å². The third-order valence-electron chi connectivity index (χ3n) is 3.87. The summed E-state index contributed by atoms with van der Waals surface area (Å²) < 4.78 is 2.07. The Morgan fingerprint density at radius 2 is 2.33 bits per heavy atom. The first-order valence-electron chi connectivity index (χ1n) is 6.40. The first-order valence-corrected chi connectivity index (χ1v) is 6.40. The van der Waals surface area contributed by atoms with Crippen molar-refractivity contribution in [3.63, 3.8) is 0 Å². The lowest BCUT2D eigenvalue weighted by molar-refractivity contribution is 0.184. The fourth-order valence-electron chi connectivity index (χ4n) is 2.86. The van der Waals surface area contributed by atoms with E-state index in [-0.39, 0.29) is 6.61 Å². The van der Waals surface area contributed by atoms with E-state index in [1.54, 1.807) is 12.7 Å². The molecule has 2 aliphatic rings. The van der Waals surface area contributed by atoms with Crippen molar-refractivity contribution in [3.8, 4) is 0 Å². The number of anilines is 1. The number of aliphatic hydroxyl groups is 2. The van der Waals surface area contributed by atoms with Gasteiger partial charge in [-0.05, 0) is 25.2 Å². The van der Waals surface area contributed by atoms with Crippen LogP contribution in [0.5, 0.6) is 0 Å². The summed E-state index contributed by atoms with van der Waals surface area (Å²) >= 11 is 0. The highest BCUT2D eigenvalue weighted by atomic mass is 16.3. The van der Waals surface area contributed by atoms with Crippen LogP contribution in [0.25, 0.3) is 0 Å². The fourth-order valence-corrected chi connectivity index (χ4v) is 2.86. The van der Waals surface area contributed by atoms with Crippen LogP contribution < -0.4 is 5.32 Å². The average molecular weight is 250 g/mol. The molecule has 0 saturated heterocycles. The van der Waals surface area contributed by atoms with E-state index in [2.05, 4.69) is 19.9 Å². The van der Waals surface area contributed by atoms with Crippen LogP contribution >= 0.6 is 0 Å². The minimum Gasteiger partial charge on any atom is -0.396 e. The van der Waals surface area contributed by atoms with Gasteiger partial charge in [-0.1, -0.05) is 0 Å². The highest BCUT2D eigenvalue weighted by Gasteiger charge is 2.29. The van der Waals surface area contributed by atoms with Crippen LogP contribution in [0.3, 0.4) is 0 Å². The van der Waals surface area contributed by atoms with Gasteiger partial charge in [-0.2, -0.15) is 0 Å². The van der Waals surface area contributed by atoms with Crippen molar-refractivity contribution >= 4 is 12.2 Å². The third-order valence-corrected chi connectivity index (χ3v) is 3.87. The Hall–Kier alpha value is -1.40. The summed E-state index contributed by atoms with van der Waals surface area (Å²) in [6, 6.07) is 0.351. The van der Waals surface area contributed by atoms with Crippen LogP contribution in [0, 0.1) is 5.92 Å². The summed E-state index contributed by atoms with van der Waals surface area (Å²) in [6.45, 7) is 0.603. The van der Waals surface area contributed by atoms with Crippen molar-refractivity contribution in [2.45, 2.75) is 31.4 Å². The predicted octanol–water partition coefficient (Wildman–Crippen LogP) is 0.704. The molecule has 1 aliphatic heterocycles. The van der Waals surface area contributed by atoms with E-state index in [1.807, 2.05) is 0 Å². The van der Waals surface area contributed by atoms with Gasteiger partial charge in [0.15, 0.2) is 0 Å². The molecular formula is C12H18N4O2. The van der Waals surface area contributed by atoms with Gasteiger partial charge in [0.2, 0.25) is 0 Å². The van der Waals surface area contributed by atoms with Crippen LogP contribution in [0.15, 0.2) is 11.3 Å². The summed E-state index contributed by atoms with van der Waals surface area (Å²) in [7, 11) is 0. The topological polar surface area (TPSA) is 82.7 Å². The highest BCUT2D eigenvalue weighted by Crippen LogP contribution is 2.37. The average Bonchev–Trinajstić information content (AvgIpc) is 2.96. The molecular weight excluding hydrogens is 232 g/mol. The number of nitrogens with one attached hydrogen (secondary N) is 1. The van der Waals surface area contributed by atoms with Crippen molar-refractivity contribution in [1.82, 2.24) is 9.55 Å². The van der Waals surface area contributed by atoms with Crippen molar-refractivity contribution < 1.29 is 10.2 Å². The molecule has 0 aromatic carbocycles. The molecule has 3 atom stereocenters. The second-order valence-corrected chi connectivity index (χ2v) is 5.06. The van der Waals surface area contributed by atoms with Crippen LogP contribution in [-0.4, -0.2) is 39.3 Å². The number of nitrogens with zero attached hydrogens (tertiary/aromatic N) is 3. The van der Waals surface area contributed by atoms with Crippen LogP contribution in [0.1, 0.15) is 37.1 Å². The Kier molecular flexibility index (Phi) is 3.05. The maximum absolute atomic E-state index is 9.93. The number of fused-ring (bicyclic) bond motifs is 1. The third kappa shape index (κ3) is 1.91. The van der Waals surface area contributed by atoms with Crippen LogP contribution in [0.2, 0.25) is 0 Å². The molecule has 1 aromatic rings. The van der Waals surface area contributed by atoms with Gasteiger partial charge in [0.25, 0.3) is 0 Å². The Morgan fingerprint density at radius 1 is 1.44 bits per heavy atom. The molecule has 0 spiro atoms. The number of hydrogen-bond acceptors (Lipinski definition) is 5. The van der Waals surface area contributed by atoms with Gasteiger partial charge in [-0.3, -0.25) is 4.99 Å². The second-order valence-electron chi connectivity index (χ2n) is 5.06. The van der Waals surface area contributed by atoms with E-state index in [0.717, 1.165) is 25.1 Å². The lowest BCUT2D eigenvalue weighted by Gasteiger charge is -2.16. The summed E-state index contributed by atoms with van der Waals surface area (Å²) in [5, 5.41) is 22.2. The van der Waals surface area contributed by atoms with Crippen molar-refractivity contribution in [3.05, 3.63) is 12.0 Å². The number of imidazole rings is 1. The molecule has 1 saturated carbocycles. The summed E-state index contributed by atoms with van der Waals surface area (Å²) in [6.07, 6.45) is 5.82. The Bertz CT molecular complexity index is 457. The van der Waals surface area contributed by atoms with Gasteiger partial charge in [0.05, 0.1) is 19.2 Å². The summed E-state index contributed by atoms with van der Waals surface area (Å²) in [4.78, 5) is 8.36. The maximum Gasteiger partial charge on any atom is 0.137 e. The van der Waals surface area contributed by atoms with E-state index in [4.69, 9.17) is 0 Å². The molecule has 2 heterocycles. The monoisotopic (exact) mass is 250 g/mol.